The van der Waals surface area contributed by atoms with E-state index >= 15 is 0 Å². The summed E-state index contributed by atoms with van der Waals surface area (Å²) in [7, 11) is 0. The predicted octanol–water partition coefficient (Wildman–Crippen LogP) is 1.55. The fourth-order valence-electron chi connectivity index (χ4n) is 3.02. The Morgan fingerprint density at radius 1 is 1.55 bits per heavy atom. The summed E-state index contributed by atoms with van der Waals surface area (Å²) in [6, 6.07) is 3.55. The molecule has 0 saturated heterocycles. The zero-order valence-corrected chi connectivity index (χ0v) is 12.6. The average Bonchev–Trinajstić information content (AvgIpc) is 3.19. The Morgan fingerprint density at radius 3 is 3.14 bits per heavy atom. The van der Waals surface area contributed by atoms with Crippen LogP contribution in [0.4, 0.5) is 0 Å². The van der Waals surface area contributed by atoms with Crippen molar-refractivity contribution in [2.45, 2.75) is 32.2 Å². The molecule has 1 aliphatic rings. The molecule has 6 nitrogen and oxygen atoms in total. The van der Waals surface area contributed by atoms with Gasteiger partial charge in [0.25, 0.3) is 5.91 Å². The Kier molecular flexibility index (Phi) is 3.94. The fourth-order valence-corrected chi connectivity index (χ4v) is 3.02. The molecule has 0 bridgehead atoms. The van der Waals surface area contributed by atoms with E-state index in [0.717, 1.165) is 24.9 Å². The van der Waals surface area contributed by atoms with Crippen molar-refractivity contribution in [3.63, 3.8) is 0 Å². The summed E-state index contributed by atoms with van der Waals surface area (Å²) in [5.74, 6) is -0.200. The number of nitrogens with one attached hydrogen (secondary N) is 1. The minimum Gasteiger partial charge on any atom is -0.396 e. The van der Waals surface area contributed by atoms with Crippen molar-refractivity contribution >= 4 is 5.91 Å². The van der Waals surface area contributed by atoms with Gasteiger partial charge < -0.3 is 15.0 Å². The summed E-state index contributed by atoms with van der Waals surface area (Å²) in [4.78, 5) is 20.6. The summed E-state index contributed by atoms with van der Waals surface area (Å²) >= 11 is 0. The van der Waals surface area contributed by atoms with Crippen LogP contribution in [0.25, 0.3) is 5.69 Å². The number of imidazole rings is 1. The van der Waals surface area contributed by atoms with Crippen LogP contribution in [0.15, 0.2) is 37.1 Å². The maximum atomic E-state index is 12.4. The highest BCUT2D eigenvalue weighted by molar-refractivity contribution is 5.93. The lowest BCUT2D eigenvalue weighted by Gasteiger charge is -2.29. The van der Waals surface area contributed by atoms with E-state index in [1.807, 2.05) is 23.8 Å². The maximum absolute atomic E-state index is 12.4. The molecule has 2 N–H and O–H groups in total. The molecule has 1 fully saturated rings. The van der Waals surface area contributed by atoms with Crippen LogP contribution in [0.3, 0.4) is 0 Å². The SMILES string of the molecule is CC1(CO)CCCC1NC(=O)c1cc(-n2ccnc2)ccn1. The van der Waals surface area contributed by atoms with Crippen LogP contribution in [0.2, 0.25) is 0 Å². The van der Waals surface area contributed by atoms with Crippen LogP contribution >= 0.6 is 0 Å². The number of aromatic nitrogens is 3. The second-order valence-electron chi connectivity index (χ2n) is 6.10. The number of hydrogen-bond donors (Lipinski definition) is 2. The van der Waals surface area contributed by atoms with E-state index in [0.29, 0.717) is 5.69 Å². The summed E-state index contributed by atoms with van der Waals surface area (Å²) in [5.41, 5.74) is 0.977. The van der Waals surface area contributed by atoms with Crippen LogP contribution in [-0.2, 0) is 0 Å². The lowest BCUT2D eigenvalue weighted by atomic mass is 9.86. The molecule has 2 atom stereocenters. The lowest BCUT2D eigenvalue weighted by molar-refractivity contribution is 0.0826. The average molecular weight is 300 g/mol. The molecule has 2 unspecified atom stereocenters. The van der Waals surface area contributed by atoms with Crippen molar-refractivity contribution < 1.29 is 9.90 Å². The molecule has 22 heavy (non-hydrogen) atoms. The smallest absolute Gasteiger partial charge is 0.270 e. The van der Waals surface area contributed by atoms with Crippen molar-refractivity contribution in [3.05, 3.63) is 42.7 Å². The molecule has 0 aromatic carbocycles. The number of aliphatic hydroxyl groups excluding tert-OH is 1. The van der Waals surface area contributed by atoms with Gasteiger partial charge in [0, 0.05) is 30.0 Å². The number of rotatable bonds is 4. The first-order valence-electron chi connectivity index (χ1n) is 7.48. The standard InChI is InChI=1S/C16H20N4O2/c1-16(10-21)5-2-3-14(16)19-15(22)13-9-12(4-6-18-13)20-8-7-17-11-20/h4,6-9,11,14,21H,2-3,5,10H2,1H3,(H,19,22). The summed E-state index contributed by atoms with van der Waals surface area (Å²) in [6.07, 6.45) is 9.63. The number of amides is 1. The van der Waals surface area contributed by atoms with Crippen molar-refractivity contribution in [1.29, 1.82) is 0 Å². The second-order valence-corrected chi connectivity index (χ2v) is 6.10. The van der Waals surface area contributed by atoms with Gasteiger partial charge in [-0.15, -0.1) is 0 Å². The molecule has 1 saturated carbocycles. The summed E-state index contributed by atoms with van der Waals surface area (Å²) in [6.45, 7) is 2.10. The Bertz CT molecular complexity index is 656. The Balaban J connectivity index is 1.77. The summed E-state index contributed by atoms with van der Waals surface area (Å²) < 4.78 is 1.83. The van der Waals surface area contributed by atoms with Crippen molar-refractivity contribution in [2.24, 2.45) is 5.41 Å². The van der Waals surface area contributed by atoms with Gasteiger partial charge in [-0.05, 0) is 25.0 Å². The molecule has 2 heterocycles. The van der Waals surface area contributed by atoms with E-state index in [4.69, 9.17) is 0 Å². The minimum atomic E-state index is -0.238. The van der Waals surface area contributed by atoms with Gasteiger partial charge in [0.1, 0.15) is 5.69 Å². The van der Waals surface area contributed by atoms with Crippen LogP contribution in [0.5, 0.6) is 0 Å². The van der Waals surface area contributed by atoms with E-state index in [1.165, 1.54) is 0 Å². The Labute approximate surface area is 129 Å². The minimum absolute atomic E-state index is 0.0105. The largest absolute Gasteiger partial charge is 0.396 e. The van der Waals surface area contributed by atoms with Gasteiger partial charge in [-0.1, -0.05) is 13.3 Å². The van der Waals surface area contributed by atoms with E-state index in [9.17, 15) is 9.90 Å². The zero-order valence-electron chi connectivity index (χ0n) is 12.6. The molecule has 1 amide bonds. The molecule has 116 valence electrons. The molecule has 0 radical (unpaired) electrons. The number of hydrogen-bond acceptors (Lipinski definition) is 4. The lowest BCUT2D eigenvalue weighted by Crippen LogP contribution is -2.45. The molecule has 6 heteroatoms. The molecular weight excluding hydrogens is 280 g/mol. The number of carbonyl (C=O) groups is 1. The quantitative estimate of drug-likeness (QED) is 0.898. The van der Waals surface area contributed by atoms with Crippen LogP contribution in [0, 0.1) is 5.41 Å². The van der Waals surface area contributed by atoms with Crippen LogP contribution in [-0.4, -0.2) is 38.2 Å². The summed E-state index contributed by atoms with van der Waals surface area (Å²) in [5, 5.41) is 12.6. The zero-order chi connectivity index (χ0) is 15.6. The van der Waals surface area contributed by atoms with E-state index < -0.39 is 0 Å². The highest BCUT2D eigenvalue weighted by Gasteiger charge is 2.39. The Hall–Kier alpha value is -2.21. The maximum Gasteiger partial charge on any atom is 0.270 e. The number of aliphatic hydroxyl groups is 1. The highest BCUT2D eigenvalue weighted by atomic mass is 16.3. The van der Waals surface area contributed by atoms with Gasteiger partial charge in [-0.25, -0.2) is 4.98 Å². The first-order valence-corrected chi connectivity index (χ1v) is 7.48. The van der Waals surface area contributed by atoms with Crippen LogP contribution in [0.1, 0.15) is 36.7 Å². The molecule has 0 aliphatic heterocycles. The third-order valence-electron chi connectivity index (χ3n) is 4.53. The third kappa shape index (κ3) is 2.74. The van der Waals surface area contributed by atoms with Gasteiger partial charge in [-0.3, -0.25) is 9.78 Å². The van der Waals surface area contributed by atoms with Gasteiger partial charge in [0.05, 0.1) is 18.6 Å². The topological polar surface area (TPSA) is 80.0 Å². The molecule has 3 rings (SSSR count). The highest BCUT2D eigenvalue weighted by Crippen LogP contribution is 2.37. The van der Waals surface area contributed by atoms with E-state index in [1.54, 1.807) is 24.8 Å². The van der Waals surface area contributed by atoms with Crippen LogP contribution < -0.4 is 5.32 Å². The van der Waals surface area contributed by atoms with Crippen molar-refractivity contribution in [2.75, 3.05) is 6.61 Å². The molecule has 0 spiro atoms. The number of carbonyl (C=O) groups excluding carboxylic acids is 1. The van der Waals surface area contributed by atoms with Gasteiger partial charge in [0.2, 0.25) is 0 Å². The van der Waals surface area contributed by atoms with E-state index in [-0.39, 0.29) is 24.0 Å². The third-order valence-corrected chi connectivity index (χ3v) is 4.53. The van der Waals surface area contributed by atoms with Gasteiger partial charge in [-0.2, -0.15) is 0 Å². The number of pyridine rings is 1. The molecule has 1 aliphatic carbocycles. The number of nitrogens with zero attached hydrogens (tertiary/aromatic N) is 3. The molecule has 2 aromatic rings. The predicted molar refractivity (Wildman–Crippen MR) is 81.7 cm³/mol. The Morgan fingerprint density at radius 2 is 2.41 bits per heavy atom. The monoisotopic (exact) mass is 300 g/mol. The first kappa shape index (κ1) is 14.7. The van der Waals surface area contributed by atoms with E-state index in [2.05, 4.69) is 15.3 Å². The van der Waals surface area contributed by atoms with Gasteiger partial charge >= 0.3 is 0 Å². The molecular formula is C16H20N4O2. The van der Waals surface area contributed by atoms with Crippen molar-refractivity contribution in [3.8, 4) is 5.69 Å². The van der Waals surface area contributed by atoms with Gasteiger partial charge in [0.15, 0.2) is 0 Å². The normalized spacial score (nSPS) is 24.4. The molecule has 2 aromatic heterocycles. The van der Waals surface area contributed by atoms with Crippen molar-refractivity contribution in [1.82, 2.24) is 19.9 Å². The first-order chi connectivity index (χ1) is 10.6. The second kappa shape index (κ2) is 5.88. The fraction of sp³-hybridized carbons (Fsp3) is 0.438.